The maximum absolute atomic E-state index is 13.7. The van der Waals surface area contributed by atoms with E-state index in [0.29, 0.717) is 29.9 Å². The number of carbonyl (C=O) groups is 1. The zero-order valence-electron chi connectivity index (χ0n) is 24.2. The number of carbonyl (C=O) groups excluding carboxylic acids is 1. The van der Waals surface area contributed by atoms with Crippen molar-refractivity contribution < 1.29 is 9.90 Å². The van der Waals surface area contributed by atoms with Gasteiger partial charge in [-0.05, 0) is 93.0 Å². The summed E-state index contributed by atoms with van der Waals surface area (Å²) in [5.41, 5.74) is 4.28. The molecule has 3 aliphatic rings. The van der Waals surface area contributed by atoms with Crippen LogP contribution in [-0.2, 0) is 16.6 Å². The van der Waals surface area contributed by atoms with Gasteiger partial charge in [0.15, 0.2) is 0 Å². The van der Waals surface area contributed by atoms with Crippen LogP contribution in [0.5, 0.6) is 5.75 Å². The average Bonchev–Trinajstić information content (AvgIpc) is 3.76. The van der Waals surface area contributed by atoms with E-state index in [1.165, 1.54) is 17.5 Å². The summed E-state index contributed by atoms with van der Waals surface area (Å²) in [6.45, 7) is 8.66. The first-order valence-corrected chi connectivity index (χ1v) is 15.5. The van der Waals surface area contributed by atoms with Crippen LogP contribution in [0, 0.1) is 11.8 Å². The van der Waals surface area contributed by atoms with E-state index in [4.69, 9.17) is 0 Å². The molecule has 4 heteroatoms. The number of hydrogen-bond acceptors (Lipinski definition) is 3. The first kappa shape index (κ1) is 28.0. The number of rotatable bonds is 12. The van der Waals surface area contributed by atoms with Crippen LogP contribution < -0.4 is 0 Å². The maximum atomic E-state index is 13.7. The number of likely N-dealkylation sites (tertiary alicyclic amines) is 1. The van der Waals surface area contributed by atoms with Gasteiger partial charge in [0.25, 0.3) is 0 Å². The van der Waals surface area contributed by atoms with Gasteiger partial charge in [0, 0.05) is 37.5 Å². The van der Waals surface area contributed by atoms with Crippen LogP contribution in [0.25, 0.3) is 0 Å². The standard InChI is InChI=1S/C35H48N2O2/c1-27(2)24-37(34(39)15-8-4-7-12-28-10-5-3-6-11-28)32-19-18-31-26-36(25-29-16-17-29)21-20-35(31,23-32)30-13-9-14-33(38)22-30/h3,5-6,9-11,13-14,16,22,27,31-32,38H,4,7-8,12,15,17-21,23-26H2,1-2H3/t31-,32-,35+/m0/s1. The third-order valence-corrected chi connectivity index (χ3v) is 9.44. The van der Waals surface area contributed by atoms with Gasteiger partial charge in [-0.1, -0.05) is 74.4 Å². The van der Waals surface area contributed by atoms with E-state index in [1.807, 2.05) is 12.1 Å². The third kappa shape index (κ3) is 7.14. The molecule has 0 radical (unpaired) electrons. The molecule has 0 spiro atoms. The fraction of sp³-hybridized carbons (Fsp3) is 0.571. The number of hydrogen-bond donors (Lipinski definition) is 1. The van der Waals surface area contributed by atoms with Crippen molar-refractivity contribution in [2.24, 2.45) is 11.8 Å². The summed E-state index contributed by atoms with van der Waals surface area (Å²) in [6, 6.07) is 19.0. The van der Waals surface area contributed by atoms with Crippen LogP contribution in [0.2, 0.25) is 0 Å². The smallest absolute Gasteiger partial charge is 0.222 e. The first-order valence-electron chi connectivity index (χ1n) is 15.5. The monoisotopic (exact) mass is 528 g/mol. The molecular formula is C35H48N2O2. The molecule has 1 N–H and O–H groups in total. The molecule has 2 aliphatic carbocycles. The van der Waals surface area contributed by atoms with Crippen molar-refractivity contribution in [1.82, 2.24) is 9.80 Å². The van der Waals surface area contributed by atoms with Gasteiger partial charge in [-0.2, -0.15) is 0 Å². The Morgan fingerprint density at radius 3 is 2.64 bits per heavy atom. The van der Waals surface area contributed by atoms with Gasteiger partial charge in [-0.3, -0.25) is 9.69 Å². The minimum atomic E-state index is 0.0290. The Morgan fingerprint density at radius 2 is 1.90 bits per heavy atom. The van der Waals surface area contributed by atoms with Crippen molar-refractivity contribution in [1.29, 1.82) is 0 Å². The van der Waals surface area contributed by atoms with E-state index in [-0.39, 0.29) is 11.5 Å². The van der Waals surface area contributed by atoms with Gasteiger partial charge in [-0.15, -0.1) is 0 Å². The lowest BCUT2D eigenvalue weighted by atomic mass is 9.57. The van der Waals surface area contributed by atoms with Crippen molar-refractivity contribution in [2.45, 2.75) is 89.5 Å². The second-order valence-electron chi connectivity index (χ2n) is 12.9. The van der Waals surface area contributed by atoms with E-state index in [0.717, 1.165) is 77.5 Å². The summed E-state index contributed by atoms with van der Waals surface area (Å²) < 4.78 is 0. The quantitative estimate of drug-likeness (QED) is 0.236. The number of unbranched alkanes of at least 4 members (excludes halogenated alkanes) is 2. The maximum Gasteiger partial charge on any atom is 0.222 e. The van der Waals surface area contributed by atoms with Crippen LogP contribution in [0.4, 0.5) is 0 Å². The molecule has 1 saturated carbocycles. The van der Waals surface area contributed by atoms with Crippen LogP contribution >= 0.6 is 0 Å². The summed E-state index contributed by atoms with van der Waals surface area (Å²) in [5.74, 6) is 1.72. The molecule has 1 aliphatic heterocycles. The molecule has 39 heavy (non-hydrogen) atoms. The van der Waals surface area contributed by atoms with E-state index in [9.17, 15) is 9.90 Å². The highest BCUT2D eigenvalue weighted by Crippen LogP contribution is 2.51. The number of phenolic OH excluding ortho intramolecular Hbond substituents is 1. The zero-order valence-corrected chi connectivity index (χ0v) is 24.2. The van der Waals surface area contributed by atoms with Crippen LogP contribution in [0.15, 0.2) is 66.2 Å². The topological polar surface area (TPSA) is 43.8 Å². The minimum absolute atomic E-state index is 0.0290. The SMILES string of the molecule is CC(C)CN(C(=O)CCCCCc1ccccc1)[C@H]1CC[C@H]2CN(CC3=CC3)CC[C@]2(c2cccc(O)c2)C1. The normalized spacial score (nSPS) is 24.7. The van der Waals surface area contributed by atoms with Gasteiger partial charge < -0.3 is 10.0 Å². The lowest BCUT2D eigenvalue weighted by molar-refractivity contribution is -0.136. The molecule has 2 aromatic carbocycles. The highest BCUT2D eigenvalue weighted by atomic mass is 16.3. The molecule has 4 nitrogen and oxygen atoms in total. The molecule has 0 bridgehead atoms. The summed E-state index contributed by atoms with van der Waals surface area (Å²) in [4.78, 5) is 18.6. The Morgan fingerprint density at radius 1 is 1.08 bits per heavy atom. The van der Waals surface area contributed by atoms with Crippen LogP contribution in [0.1, 0.15) is 82.8 Å². The highest BCUT2D eigenvalue weighted by molar-refractivity contribution is 5.76. The summed E-state index contributed by atoms with van der Waals surface area (Å²) >= 11 is 0. The van der Waals surface area contributed by atoms with E-state index in [1.54, 1.807) is 11.6 Å². The number of nitrogens with zero attached hydrogens (tertiary/aromatic N) is 2. The van der Waals surface area contributed by atoms with Gasteiger partial charge in [-0.25, -0.2) is 0 Å². The minimum Gasteiger partial charge on any atom is -0.508 e. The second kappa shape index (κ2) is 12.7. The predicted octanol–water partition coefficient (Wildman–Crippen LogP) is 7.12. The van der Waals surface area contributed by atoms with Crippen LogP contribution in [-0.4, -0.2) is 53.0 Å². The number of fused-ring (bicyclic) bond motifs is 1. The first-order chi connectivity index (χ1) is 18.9. The Bertz CT molecular complexity index is 1130. The van der Waals surface area contributed by atoms with Crippen molar-refractivity contribution in [2.75, 3.05) is 26.2 Å². The molecule has 0 unspecified atom stereocenters. The number of aromatic hydroxyl groups is 1. The molecule has 2 aromatic rings. The van der Waals surface area contributed by atoms with Gasteiger partial charge in [0.1, 0.15) is 5.75 Å². The zero-order chi connectivity index (χ0) is 27.2. The van der Waals surface area contributed by atoms with Crippen molar-refractivity contribution in [3.8, 4) is 5.75 Å². The van der Waals surface area contributed by atoms with E-state index < -0.39 is 0 Å². The lowest BCUT2D eigenvalue weighted by Crippen LogP contribution is -2.57. The molecule has 1 heterocycles. The lowest BCUT2D eigenvalue weighted by Gasteiger charge is -2.54. The summed E-state index contributed by atoms with van der Waals surface area (Å²) in [7, 11) is 0. The van der Waals surface area contributed by atoms with Crippen molar-refractivity contribution >= 4 is 5.91 Å². The third-order valence-electron chi connectivity index (χ3n) is 9.44. The Hall–Kier alpha value is -2.59. The van der Waals surface area contributed by atoms with E-state index >= 15 is 0 Å². The molecule has 5 rings (SSSR count). The largest absolute Gasteiger partial charge is 0.508 e. The molecule has 1 saturated heterocycles. The number of aryl methyl sites for hydroxylation is 1. The number of piperidine rings is 1. The summed E-state index contributed by atoms with van der Waals surface area (Å²) in [5, 5.41) is 10.4. The van der Waals surface area contributed by atoms with Crippen LogP contribution in [0.3, 0.4) is 0 Å². The molecule has 0 aromatic heterocycles. The second-order valence-corrected chi connectivity index (χ2v) is 12.9. The predicted molar refractivity (Wildman–Crippen MR) is 160 cm³/mol. The highest BCUT2D eigenvalue weighted by Gasteiger charge is 2.49. The van der Waals surface area contributed by atoms with Gasteiger partial charge in [0.2, 0.25) is 5.91 Å². The Kier molecular flexibility index (Phi) is 9.12. The summed E-state index contributed by atoms with van der Waals surface area (Å²) in [6.07, 6.45) is 12.9. The molecule has 2 fully saturated rings. The van der Waals surface area contributed by atoms with E-state index in [2.05, 4.69) is 66.1 Å². The van der Waals surface area contributed by atoms with Gasteiger partial charge >= 0.3 is 0 Å². The number of phenols is 1. The number of benzene rings is 2. The molecule has 3 atom stereocenters. The number of amides is 1. The average molecular weight is 529 g/mol. The Labute approximate surface area is 236 Å². The fourth-order valence-corrected chi connectivity index (χ4v) is 7.32. The van der Waals surface area contributed by atoms with Crippen molar-refractivity contribution in [3.63, 3.8) is 0 Å². The van der Waals surface area contributed by atoms with Gasteiger partial charge in [0.05, 0.1) is 0 Å². The fourth-order valence-electron chi connectivity index (χ4n) is 7.32. The molecule has 1 amide bonds. The Balaban J connectivity index is 1.26. The molecule has 210 valence electrons. The number of allylic oxidation sites excluding steroid dienone is 1. The van der Waals surface area contributed by atoms with Crippen molar-refractivity contribution in [3.05, 3.63) is 77.4 Å². The molecular weight excluding hydrogens is 480 g/mol.